The van der Waals surface area contributed by atoms with E-state index >= 15 is 0 Å². The topological polar surface area (TPSA) is 177 Å². The summed E-state index contributed by atoms with van der Waals surface area (Å²) in [6, 6.07) is 15.9. The number of aromatic nitrogens is 3. The second-order valence-corrected chi connectivity index (χ2v) is 10.8. The molecule has 0 aliphatic rings. The molecule has 0 saturated carbocycles. The minimum Gasteiger partial charge on any atom is -0.759 e. The van der Waals surface area contributed by atoms with E-state index in [0.29, 0.717) is 12.1 Å². The molecule has 1 atom stereocenters. The standard InChI is InChI=1S/C23H22N6O5S2/c24-12-16-1-5-17(6-2-16)21-9-10-22(35-21)36(33,34)25-13-18-14-29(28-26-18)20(23(31)27-32)11-15-3-7-19(30)8-4-15/h1-10,14,20H,11-13,24H2,(H2-,26,27,28,30,31,32)/q-2/t20-/m0/s1. The fraction of sp³-hybridized carbons (Fsp3) is 0.174. The molecule has 0 aliphatic carbocycles. The molecule has 2 aromatic heterocycles. The van der Waals surface area contributed by atoms with E-state index < -0.39 is 22.0 Å². The Kier molecular flexibility index (Phi) is 7.76. The molecule has 2 heterocycles. The third kappa shape index (κ3) is 5.95. The molecule has 4 rings (SSSR count). The van der Waals surface area contributed by atoms with Gasteiger partial charge in [0.2, 0.25) is 5.91 Å². The number of sulfonamides is 1. The highest BCUT2D eigenvalue weighted by atomic mass is 32.2. The van der Waals surface area contributed by atoms with Gasteiger partial charge < -0.3 is 26.2 Å². The molecule has 11 nitrogen and oxygen atoms in total. The van der Waals surface area contributed by atoms with Crippen molar-refractivity contribution in [2.75, 3.05) is 0 Å². The molecule has 0 saturated heterocycles. The lowest BCUT2D eigenvalue weighted by Crippen LogP contribution is -2.30. The summed E-state index contributed by atoms with van der Waals surface area (Å²) in [6.45, 7) is 0.138. The number of hydroxylamine groups is 1. The lowest BCUT2D eigenvalue weighted by atomic mass is 10.1. The Morgan fingerprint density at radius 1 is 1.11 bits per heavy atom. The average molecular weight is 527 g/mol. The number of thiophene rings is 1. The van der Waals surface area contributed by atoms with Gasteiger partial charge in [0.15, 0.2) is 0 Å². The van der Waals surface area contributed by atoms with E-state index in [-0.39, 0.29) is 28.6 Å². The van der Waals surface area contributed by atoms with E-state index in [1.807, 2.05) is 24.3 Å². The Bertz CT molecular complexity index is 1430. The number of aromatic hydroxyl groups is 1. The molecule has 0 spiro atoms. The van der Waals surface area contributed by atoms with Gasteiger partial charge in [-0.05, 0) is 41.0 Å². The number of rotatable bonds is 10. The van der Waals surface area contributed by atoms with Gasteiger partial charge in [0, 0.05) is 24.0 Å². The Morgan fingerprint density at radius 2 is 1.81 bits per heavy atom. The van der Waals surface area contributed by atoms with Crippen molar-refractivity contribution in [3.05, 3.63) is 93.6 Å². The number of phenolic OH excluding ortho intramolecular Hbond substituents is 1. The lowest BCUT2D eigenvalue weighted by Gasteiger charge is -2.19. The molecule has 0 unspecified atom stereocenters. The van der Waals surface area contributed by atoms with E-state index in [2.05, 4.69) is 15.0 Å². The van der Waals surface area contributed by atoms with Crippen LogP contribution in [0.5, 0.6) is 5.75 Å². The largest absolute Gasteiger partial charge is 0.759 e. The molecule has 1 amide bonds. The van der Waals surface area contributed by atoms with Crippen LogP contribution in [0.2, 0.25) is 0 Å². The molecule has 0 fully saturated rings. The first-order valence-corrected chi connectivity index (χ1v) is 13.0. The molecule has 4 N–H and O–H groups in total. The van der Waals surface area contributed by atoms with Gasteiger partial charge in [-0.2, -0.15) is 0 Å². The summed E-state index contributed by atoms with van der Waals surface area (Å²) in [5.74, 6) is -0.772. The van der Waals surface area contributed by atoms with Gasteiger partial charge in [0.1, 0.15) is 26.0 Å². The molecule has 0 radical (unpaired) electrons. The van der Waals surface area contributed by atoms with Crippen LogP contribution in [0.25, 0.3) is 15.2 Å². The van der Waals surface area contributed by atoms with Gasteiger partial charge >= 0.3 is 0 Å². The summed E-state index contributed by atoms with van der Waals surface area (Å²) in [5.41, 5.74) is 9.71. The van der Waals surface area contributed by atoms with Crippen LogP contribution in [0.4, 0.5) is 0 Å². The highest BCUT2D eigenvalue weighted by Gasteiger charge is 2.20. The zero-order valence-electron chi connectivity index (χ0n) is 18.8. The Hall–Kier alpha value is -3.62. The molecule has 36 heavy (non-hydrogen) atoms. The SMILES string of the molecule is NCc1ccc(-c2ccc(S(=O)(=O)[N-]Cc3cn([C@@H](Cc4ccc(O)cc4)C(=O)N[O-])nn3)s2)cc1. The molecule has 0 bridgehead atoms. The van der Waals surface area contributed by atoms with E-state index in [1.54, 1.807) is 18.2 Å². The van der Waals surface area contributed by atoms with Gasteiger partial charge in [-0.15, -0.1) is 16.4 Å². The van der Waals surface area contributed by atoms with Crippen LogP contribution in [-0.2, 0) is 34.3 Å². The molecule has 2 aromatic carbocycles. The van der Waals surface area contributed by atoms with Crippen LogP contribution in [0, 0.1) is 5.21 Å². The highest BCUT2D eigenvalue weighted by Crippen LogP contribution is 2.33. The molecule has 13 heteroatoms. The van der Waals surface area contributed by atoms with Gasteiger partial charge in [-0.3, -0.25) is 4.79 Å². The monoisotopic (exact) mass is 526 g/mol. The van der Waals surface area contributed by atoms with Crippen LogP contribution in [0.3, 0.4) is 0 Å². The van der Waals surface area contributed by atoms with Crippen molar-refractivity contribution in [2.45, 2.75) is 29.8 Å². The number of nitrogens with one attached hydrogen (secondary N) is 1. The van der Waals surface area contributed by atoms with Crippen molar-refractivity contribution >= 4 is 27.3 Å². The van der Waals surface area contributed by atoms with Crippen molar-refractivity contribution in [3.8, 4) is 16.2 Å². The third-order valence-corrected chi connectivity index (χ3v) is 8.28. The maximum atomic E-state index is 12.8. The minimum absolute atomic E-state index is 0.0665. The Labute approximate surface area is 211 Å². The Morgan fingerprint density at radius 3 is 2.47 bits per heavy atom. The van der Waals surface area contributed by atoms with Crippen LogP contribution in [-0.4, -0.2) is 34.4 Å². The number of amides is 1. The molecular formula is C23H22N6O5S2-2. The van der Waals surface area contributed by atoms with Gasteiger partial charge in [0.25, 0.3) is 0 Å². The number of benzene rings is 2. The molecule has 0 aliphatic heterocycles. The van der Waals surface area contributed by atoms with Crippen LogP contribution < -0.4 is 11.2 Å². The number of nitrogens with two attached hydrogens (primary N) is 1. The summed E-state index contributed by atoms with van der Waals surface area (Å²) in [6.07, 6.45) is 1.48. The minimum atomic E-state index is -3.95. The second kappa shape index (κ2) is 11.0. The maximum absolute atomic E-state index is 12.8. The summed E-state index contributed by atoms with van der Waals surface area (Å²) in [7, 11) is -3.95. The van der Waals surface area contributed by atoms with Crippen molar-refractivity contribution in [1.29, 1.82) is 0 Å². The normalized spacial score (nSPS) is 12.4. The van der Waals surface area contributed by atoms with Crippen molar-refractivity contribution < 1.29 is 18.3 Å². The lowest BCUT2D eigenvalue weighted by molar-refractivity contribution is -0.123. The summed E-state index contributed by atoms with van der Waals surface area (Å²) in [4.78, 5) is 12.9. The number of carbonyl (C=O) groups excluding carboxylic acids is 1. The first-order chi connectivity index (χ1) is 17.3. The zero-order valence-corrected chi connectivity index (χ0v) is 20.4. The van der Waals surface area contributed by atoms with Crippen LogP contribution in [0.15, 0.2) is 71.1 Å². The molecule has 188 valence electrons. The van der Waals surface area contributed by atoms with Crippen molar-refractivity contribution in [3.63, 3.8) is 0 Å². The van der Waals surface area contributed by atoms with Gasteiger partial charge in [-0.25, -0.2) is 13.1 Å². The maximum Gasteiger partial charge on any atom is 0.234 e. The Balaban J connectivity index is 1.44. The summed E-state index contributed by atoms with van der Waals surface area (Å²) < 4.78 is 30.6. The summed E-state index contributed by atoms with van der Waals surface area (Å²) in [5, 5.41) is 28.3. The number of phenols is 1. The number of nitrogens with zero attached hydrogens (tertiary/aromatic N) is 4. The quantitative estimate of drug-likeness (QED) is 0.264. The predicted molar refractivity (Wildman–Crippen MR) is 134 cm³/mol. The second-order valence-electron chi connectivity index (χ2n) is 7.82. The fourth-order valence-electron chi connectivity index (χ4n) is 3.40. The van der Waals surface area contributed by atoms with Crippen LogP contribution in [0.1, 0.15) is 22.9 Å². The zero-order chi connectivity index (χ0) is 25.7. The van der Waals surface area contributed by atoms with Crippen molar-refractivity contribution in [2.24, 2.45) is 5.73 Å². The van der Waals surface area contributed by atoms with E-state index in [9.17, 15) is 23.5 Å². The van der Waals surface area contributed by atoms with Crippen LogP contribution >= 0.6 is 11.3 Å². The van der Waals surface area contributed by atoms with Gasteiger partial charge in [-0.1, -0.05) is 48.2 Å². The number of hydrogen-bond donors (Lipinski definition) is 3. The summed E-state index contributed by atoms with van der Waals surface area (Å²) >= 11 is 1.10. The van der Waals surface area contributed by atoms with E-state index in [0.717, 1.165) is 27.3 Å². The highest BCUT2D eigenvalue weighted by molar-refractivity contribution is 7.95. The average Bonchev–Trinajstić information content (AvgIpc) is 3.58. The first-order valence-electron chi connectivity index (χ1n) is 10.7. The number of carbonyl (C=O) groups is 1. The number of hydrogen-bond acceptors (Lipinski definition) is 9. The smallest absolute Gasteiger partial charge is 0.234 e. The van der Waals surface area contributed by atoms with E-state index in [1.165, 1.54) is 34.6 Å². The third-order valence-electron chi connectivity index (χ3n) is 5.35. The molecular weight excluding hydrogens is 504 g/mol. The van der Waals surface area contributed by atoms with Gasteiger partial charge in [0.05, 0.1) is 5.69 Å². The first kappa shape index (κ1) is 25.5. The van der Waals surface area contributed by atoms with E-state index in [4.69, 9.17) is 5.73 Å². The fourth-order valence-corrected chi connectivity index (χ4v) is 5.66. The van der Waals surface area contributed by atoms with Crippen molar-refractivity contribution in [1.82, 2.24) is 20.5 Å². The predicted octanol–water partition coefficient (Wildman–Crippen LogP) is 2.83. The molecule has 4 aromatic rings.